The van der Waals surface area contributed by atoms with Crippen molar-refractivity contribution in [3.63, 3.8) is 0 Å². The number of hydrogen-bond acceptors (Lipinski definition) is 4. The van der Waals surface area contributed by atoms with E-state index in [1.165, 1.54) is 0 Å². The highest BCUT2D eigenvalue weighted by Gasteiger charge is 2.48. The first-order valence-electron chi connectivity index (χ1n) is 4.28. The van der Waals surface area contributed by atoms with E-state index in [9.17, 15) is 9.59 Å². The van der Waals surface area contributed by atoms with Gasteiger partial charge in [0.2, 0.25) is 11.8 Å². The maximum absolute atomic E-state index is 11.7. The summed E-state index contributed by atoms with van der Waals surface area (Å²) in [5, 5.41) is 2.41. The molecule has 0 aromatic carbocycles. The van der Waals surface area contributed by atoms with Crippen molar-refractivity contribution in [3.05, 3.63) is 0 Å². The third-order valence-corrected chi connectivity index (χ3v) is 3.96. The second-order valence-corrected chi connectivity index (χ2v) is 4.67. The number of imide groups is 1. The second-order valence-electron chi connectivity index (χ2n) is 3.57. The topological polar surface area (TPSA) is 49.4 Å². The van der Waals surface area contributed by atoms with Crippen molar-refractivity contribution in [2.45, 2.75) is 12.0 Å². The Hall–Kier alpha value is -0.550. The number of nitrogens with one attached hydrogen (secondary N) is 1. The Morgan fingerprint density at radius 3 is 2.85 bits per heavy atom. The number of likely N-dealkylation sites (N-methyl/N-ethyl adjacent to an activating group) is 1. The summed E-state index contributed by atoms with van der Waals surface area (Å²) in [4.78, 5) is 24.6. The third-order valence-electron chi connectivity index (χ3n) is 2.79. The SMILES string of the molecule is CN1CC(=O)NC(=O)C12CCSC2. The van der Waals surface area contributed by atoms with Gasteiger partial charge in [-0.25, -0.2) is 0 Å². The minimum absolute atomic E-state index is 0.115. The van der Waals surface area contributed by atoms with E-state index in [0.717, 1.165) is 17.9 Å². The fourth-order valence-electron chi connectivity index (χ4n) is 1.86. The molecule has 1 N–H and O–H groups in total. The van der Waals surface area contributed by atoms with Gasteiger partial charge in [0.25, 0.3) is 0 Å². The van der Waals surface area contributed by atoms with Gasteiger partial charge < -0.3 is 0 Å². The molecule has 0 aromatic rings. The molecular weight excluding hydrogens is 188 g/mol. The average Bonchev–Trinajstić information content (AvgIpc) is 2.50. The molecule has 0 aliphatic carbocycles. The van der Waals surface area contributed by atoms with Crippen LogP contribution in [0.1, 0.15) is 6.42 Å². The molecule has 1 spiro atoms. The number of thioether (sulfide) groups is 1. The van der Waals surface area contributed by atoms with Crippen LogP contribution in [-0.4, -0.2) is 47.4 Å². The molecule has 0 aromatic heterocycles. The smallest absolute Gasteiger partial charge is 0.248 e. The lowest BCUT2D eigenvalue weighted by Gasteiger charge is -2.39. The molecule has 0 bridgehead atoms. The van der Waals surface area contributed by atoms with Crippen molar-refractivity contribution in [2.24, 2.45) is 0 Å². The molecule has 1 unspecified atom stereocenters. The van der Waals surface area contributed by atoms with Gasteiger partial charge in [0.05, 0.1) is 6.54 Å². The summed E-state index contributed by atoms with van der Waals surface area (Å²) in [6, 6.07) is 0. The Morgan fingerprint density at radius 2 is 2.31 bits per heavy atom. The zero-order valence-electron chi connectivity index (χ0n) is 7.50. The van der Waals surface area contributed by atoms with Crippen LogP contribution >= 0.6 is 11.8 Å². The largest absolute Gasteiger partial charge is 0.294 e. The lowest BCUT2D eigenvalue weighted by Crippen LogP contribution is -2.65. The summed E-state index contributed by atoms with van der Waals surface area (Å²) in [7, 11) is 1.85. The molecule has 72 valence electrons. The van der Waals surface area contributed by atoms with Gasteiger partial charge in [0.15, 0.2) is 0 Å². The number of piperazine rings is 1. The van der Waals surface area contributed by atoms with Crippen molar-refractivity contribution in [1.82, 2.24) is 10.2 Å². The Labute approximate surface area is 81.0 Å². The molecule has 13 heavy (non-hydrogen) atoms. The van der Waals surface area contributed by atoms with Crippen LogP contribution < -0.4 is 5.32 Å². The maximum atomic E-state index is 11.7. The van der Waals surface area contributed by atoms with E-state index in [4.69, 9.17) is 0 Å². The minimum atomic E-state index is -0.404. The van der Waals surface area contributed by atoms with Gasteiger partial charge in [-0.1, -0.05) is 0 Å². The van der Waals surface area contributed by atoms with E-state index < -0.39 is 5.54 Å². The first kappa shape index (κ1) is 9.02. The Kier molecular flexibility index (Phi) is 2.08. The number of hydrogen-bond donors (Lipinski definition) is 1. The number of carbonyl (C=O) groups excluding carboxylic acids is 2. The van der Waals surface area contributed by atoms with Gasteiger partial charge in [-0.2, -0.15) is 11.8 Å². The lowest BCUT2D eigenvalue weighted by atomic mass is 9.93. The van der Waals surface area contributed by atoms with Gasteiger partial charge in [0.1, 0.15) is 5.54 Å². The highest BCUT2D eigenvalue weighted by molar-refractivity contribution is 7.99. The van der Waals surface area contributed by atoms with E-state index in [1.54, 1.807) is 11.8 Å². The maximum Gasteiger partial charge on any atom is 0.248 e. The first-order chi connectivity index (χ1) is 6.15. The minimum Gasteiger partial charge on any atom is -0.294 e. The lowest BCUT2D eigenvalue weighted by molar-refractivity contribution is -0.144. The molecule has 0 radical (unpaired) electrons. The molecular formula is C8H12N2O2S. The summed E-state index contributed by atoms with van der Waals surface area (Å²) in [5.74, 6) is 1.51. The van der Waals surface area contributed by atoms with Gasteiger partial charge in [-0.05, 0) is 19.2 Å². The first-order valence-corrected chi connectivity index (χ1v) is 5.44. The molecule has 2 aliphatic rings. The van der Waals surface area contributed by atoms with E-state index in [-0.39, 0.29) is 11.8 Å². The predicted octanol–water partition coefficient (Wildman–Crippen LogP) is -0.550. The highest BCUT2D eigenvalue weighted by atomic mass is 32.2. The van der Waals surface area contributed by atoms with E-state index in [0.29, 0.717) is 6.54 Å². The van der Waals surface area contributed by atoms with Crippen molar-refractivity contribution < 1.29 is 9.59 Å². The van der Waals surface area contributed by atoms with Gasteiger partial charge in [-0.3, -0.25) is 19.8 Å². The van der Waals surface area contributed by atoms with Gasteiger partial charge in [0, 0.05) is 5.75 Å². The average molecular weight is 200 g/mol. The monoisotopic (exact) mass is 200 g/mol. The van der Waals surface area contributed by atoms with Gasteiger partial charge >= 0.3 is 0 Å². The van der Waals surface area contributed by atoms with Crippen LogP contribution in [0.2, 0.25) is 0 Å². The molecule has 2 aliphatic heterocycles. The van der Waals surface area contributed by atoms with Crippen LogP contribution in [0.5, 0.6) is 0 Å². The van der Waals surface area contributed by atoms with Crippen LogP contribution in [0, 0.1) is 0 Å². The number of amides is 2. The van der Waals surface area contributed by atoms with E-state index >= 15 is 0 Å². The predicted molar refractivity (Wildman–Crippen MR) is 50.5 cm³/mol. The van der Waals surface area contributed by atoms with Crippen LogP contribution in [0.15, 0.2) is 0 Å². The standard InChI is InChI=1S/C8H12N2O2S/c1-10-4-6(11)9-7(12)8(10)2-3-13-5-8/h2-5H2,1H3,(H,9,11,12). The molecule has 2 fully saturated rings. The zero-order chi connectivity index (χ0) is 9.47. The summed E-state index contributed by atoms with van der Waals surface area (Å²) < 4.78 is 0. The van der Waals surface area contributed by atoms with Crippen molar-refractivity contribution in [2.75, 3.05) is 25.1 Å². The molecule has 1 atom stereocenters. The fourth-order valence-corrected chi connectivity index (χ4v) is 3.32. The third kappa shape index (κ3) is 1.26. The van der Waals surface area contributed by atoms with Crippen molar-refractivity contribution in [3.8, 4) is 0 Å². The molecule has 2 amide bonds. The number of rotatable bonds is 0. The number of carbonyl (C=O) groups is 2. The summed E-state index contributed by atoms with van der Waals surface area (Å²) >= 11 is 1.77. The molecule has 4 nitrogen and oxygen atoms in total. The van der Waals surface area contributed by atoms with E-state index in [1.807, 2.05) is 11.9 Å². The van der Waals surface area contributed by atoms with Crippen molar-refractivity contribution in [1.29, 1.82) is 0 Å². The second kappa shape index (κ2) is 2.99. The van der Waals surface area contributed by atoms with Crippen LogP contribution in [-0.2, 0) is 9.59 Å². The summed E-state index contributed by atoms with van der Waals surface area (Å²) in [6.45, 7) is 0.340. The summed E-state index contributed by atoms with van der Waals surface area (Å²) in [5.41, 5.74) is -0.404. The fraction of sp³-hybridized carbons (Fsp3) is 0.750. The molecule has 5 heteroatoms. The van der Waals surface area contributed by atoms with Crippen LogP contribution in [0.3, 0.4) is 0 Å². The van der Waals surface area contributed by atoms with Crippen LogP contribution in [0.4, 0.5) is 0 Å². The zero-order valence-corrected chi connectivity index (χ0v) is 8.32. The molecule has 0 saturated carbocycles. The highest BCUT2D eigenvalue weighted by Crippen LogP contribution is 2.34. The number of nitrogens with zero attached hydrogens (tertiary/aromatic N) is 1. The Bertz CT molecular complexity index is 261. The Morgan fingerprint density at radius 1 is 1.54 bits per heavy atom. The van der Waals surface area contributed by atoms with Crippen LogP contribution in [0.25, 0.3) is 0 Å². The normalized spacial score (nSPS) is 35.5. The summed E-state index contributed by atoms with van der Waals surface area (Å²) in [6.07, 6.45) is 0.854. The van der Waals surface area contributed by atoms with E-state index in [2.05, 4.69) is 5.32 Å². The molecule has 2 rings (SSSR count). The van der Waals surface area contributed by atoms with Gasteiger partial charge in [-0.15, -0.1) is 0 Å². The Balaban J connectivity index is 2.25. The quantitative estimate of drug-likeness (QED) is 0.533. The molecule has 2 saturated heterocycles. The molecule has 2 heterocycles. The van der Waals surface area contributed by atoms with Crippen molar-refractivity contribution >= 4 is 23.6 Å².